The highest BCUT2D eigenvalue weighted by atomic mass is 19.1. The van der Waals surface area contributed by atoms with Crippen molar-refractivity contribution >= 4 is 12.6 Å². The van der Waals surface area contributed by atoms with Crippen molar-refractivity contribution in [3.05, 3.63) is 23.5 Å². The molecular formula is C14H18BF2NO2. The summed E-state index contributed by atoms with van der Waals surface area (Å²) in [6, 6.07) is 1.31. The molecule has 0 spiro atoms. The van der Waals surface area contributed by atoms with Gasteiger partial charge in [0.1, 0.15) is 5.82 Å². The molecule has 2 fully saturated rings. The lowest BCUT2D eigenvalue weighted by atomic mass is 9.79. The Morgan fingerprint density at radius 1 is 1.15 bits per heavy atom. The van der Waals surface area contributed by atoms with Crippen LogP contribution in [0.15, 0.2) is 6.07 Å². The Morgan fingerprint density at radius 2 is 1.70 bits per heavy atom. The Hall–Kier alpha value is -1.01. The van der Waals surface area contributed by atoms with E-state index in [0.29, 0.717) is 5.69 Å². The van der Waals surface area contributed by atoms with E-state index in [2.05, 4.69) is 4.98 Å². The molecule has 2 aliphatic rings. The summed E-state index contributed by atoms with van der Waals surface area (Å²) in [6.45, 7) is 7.37. The van der Waals surface area contributed by atoms with E-state index < -0.39 is 30.1 Å². The molecule has 1 aromatic rings. The molecule has 1 aromatic heterocycles. The van der Waals surface area contributed by atoms with Gasteiger partial charge in [0, 0.05) is 11.6 Å². The molecule has 2 heterocycles. The summed E-state index contributed by atoms with van der Waals surface area (Å²) in [5.41, 5.74) is -1.01. The Balaban J connectivity index is 1.95. The van der Waals surface area contributed by atoms with Crippen LogP contribution in [0.5, 0.6) is 0 Å². The Morgan fingerprint density at radius 3 is 2.15 bits per heavy atom. The van der Waals surface area contributed by atoms with Gasteiger partial charge in [-0.15, -0.1) is 0 Å². The van der Waals surface area contributed by atoms with Gasteiger partial charge in [0.05, 0.1) is 16.7 Å². The monoisotopic (exact) mass is 281 g/mol. The van der Waals surface area contributed by atoms with Gasteiger partial charge in [0.2, 0.25) is 5.95 Å². The molecule has 1 aliphatic heterocycles. The van der Waals surface area contributed by atoms with Crippen LogP contribution in [-0.4, -0.2) is 23.3 Å². The topological polar surface area (TPSA) is 31.4 Å². The van der Waals surface area contributed by atoms with Gasteiger partial charge < -0.3 is 9.31 Å². The lowest BCUT2D eigenvalue weighted by Crippen LogP contribution is -2.41. The van der Waals surface area contributed by atoms with Gasteiger partial charge in [-0.05, 0) is 46.6 Å². The van der Waals surface area contributed by atoms with Crippen LogP contribution in [0, 0.1) is 11.8 Å². The van der Waals surface area contributed by atoms with E-state index in [1.165, 1.54) is 6.07 Å². The van der Waals surface area contributed by atoms with Crippen LogP contribution in [0.25, 0.3) is 0 Å². The highest BCUT2D eigenvalue weighted by molar-refractivity contribution is 6.62. The van der Waals surface area contributed by atoms with E-state index in [-0.39, 0.29) is 11.4 Å². The summed E-state index contributed by atoms with van der Waals surface area (Å²) in [4.78, 5) is 3.87. The van der Waals surface area contributed by atoms with Crippen molar-refractivity contribution in [1.29, 1.82) is 0 Å². The average Bonchev–Trinajstić information content (AvgIpc) is 3.06. The third-order valence-electron chi connectivity index (χ3n) is 4.47. The number of nitrogens with zero attached hydrogens (tertiary/aromatic N) is 1. The summed E-state index contributed by atoms with van der Waals surface area (Å²) < 4.78 is 39.7. The van der Waals surface area contributed by atoms with Crippen LogP contribution in [0.3, 0.4) is 0 Å². The number of halogens is 2. The van der Waals surface area contributed by atoms with Gasteiger partial charge in [0.15, 0.2) is 0 Å². The molecule has 1 saturated heterocycles. The number of hydrogen-bond acceptors (Lipinski definition) is 3. The molecule has 1 aliphatic carbocycles. The zero-order valence-electron chi connectivity index (χ0n) is 12.2. The van der Waals surface area contributed by atoms with Crippen LogP contribution in [-0.2, 0) is 9.31 Å². The second kappa shape index (κ2) is 4.24. The number of rotatable bonds is 2. The Labute approximate surface area is 117 Å². The Kier molecular flexibility index (Phi) is 2.96. The maximum Gasteiger partial charge on any atom is 0.502 e. The first-order valence-corrected chi connectivity index (χ1v) is 6.93. The van der Waals surface area contributed by atoms with E-state index >= 15 is 0 Å². The molecule has 0 N–H and O–H groups in total. The van der Waals surface area contributed by atoms with Gasteiger partial charge in [0.25, 0.3) is 0 Å². The largest absolute Gasteiger partial charge is 0.502 e. The molecule has 1 saturated carbocycles. The van der Waals surface area contributed by atoms with E-state index in [4.69, 9.17) is 9.31 Å². The standard InChI is InChI=1S/C14H18BF2NO2/c1-13(2)14(3,4)20-15(19-13)11-9(16)7-10(8-5-6-8)18-12(11)17/h7-8H,5-6H2,1-4H3. The molecule has 0 radical (unpaired) electrons. The summed E-state index contributed by atoms with van der Waals surface area (Å²) in [6.07, 6.45) is 1.89. The molecule has 0 bridgehead atoms. The van der Waals surface area contributed by atoms with Gasteiger partial charge in [-0.1, -0.05) is 0 Å². The fourth-order valence-corrected chi connectivity index (χ4v) is 2.27. The van der Waals surface area contributed by atoms with Gasteiger partial charge in [-0.2, -0.15) is 4.39 Å². The predicted molar refractivity (Wildman–Crippen MR) is 71.8 cm³/mol. The van der Waals surface area contributed by atoms with Crippen molar-refractivity contribution in [3.8, 4) is 0 Å². The van der Waals surface area contributed by atoms with Gasteiger partial charge in [-0.25, -0.2) is 9.37 Å². The third-order valence-corrected chi connectivity index (χ3v) is 4.47. The predicted octanol–water partition coefficient (Wildman–Crippen LogP) is 2.54. The molecule has 108 valence electrons. The maximum absolute atomic E-state index is 14.2. The lowest BCUT2D eigenvalue weighted by Gasteiger charge is -2.32. The first-order chi connectivity index (χ1) is 9.21. The number of pyridine rings is 1. The molecule has 3 nitrogen and oxygen atoms in total. The number of hydrogen-bond donors (Lipinski definition) is 0. The molecule has 20 heavy (non-hydrogen) atoms. The molecule has 0 atom stereocenters. The fourth-order valence-electron chi connectivity index (χ4n) is 2.27. The second-order valence-corrected chi connectivity index (χ2v) is 6.60. The van der Waals surface area contributed by atoms with Crippen molar-refractivity contribution < 1.29 is 18.1 Å². The highest BCUT2D eigenvalue weighted by Gasteiger charge is 2.53. The van der Waals surface area contributed by atoms with Crippen molar-refractivity contribution in [2.75, 3.05) is 0 Å². The first-order valence-electron chi connectivity index (χ1n) is 6.93. The van der Waals surface area contributed by atoms with Crippen molar-refractivity contribution in [2.45, 2.75) is 57.7 Å². The van der Waals surface area contributed by atoms with Crippen LogP contribution < -0.4 is 5.46 Å². The Bertz CT molecular complexity index is 519. The normalized spacial score (nSPS) is 24.2. The minimum absolute atomic E-state index is 0.200. The first kappa shape index (κ1) is 14.0. The number of aromatic nitrogens is 1. The van der Waals surface area contributed by atoms with E-state index in [1.807, 2.05) is 27.7 Å². The molecule has 0 aromatic carbocycles. The van der Waals surface area contributed by atoms with Crippen LogP contribution >= 0.6 is 0 Å². The fraction of sp³-hybridized carbons (Fsp3) is 0.643. The SMILES string of the molecule is CC1(C)OB(c2c(F)cc(C3CC3)nc2F)OC1(C)C. The van der Waals surface area contributed by atoms with Crippen LogP contribution in [0.1, 0.15) is 52.1 Å². The maximum atomic E-state index is 14.2. The van der Waals surface area contributed by atoms with E-state index in [1.54, 1.807) is 0 Å². The van der Waals surface area contributed by atoms with E-state index in [0.717, 1.165) is 12.8 Å². The van der Waals surface area contributed by atoms with Crippen molar-refractivity contribution in [3.63, 3.8) is 0 Å². The van der Waals surface area contributed by atoms with Crippen molar-refractivity contribution in [2.24, 2.45) is 0 Å². The minimum atomic E-state index is -1.05. The molecule has 3 rings (SSSR count). The van der Waals surface area contributed by atoms with Crippen LogP contribution in [0.2, 0.25) is 0 Å². The van der Waals surface area contributed by atoms with Crippen LogP contribution in [0.4, 0.5) is 8.78 Å². The zero-order chi connectivity index (χ0) is 14.7. The summed E-state index contributed by atoms with van der Waals surface area (Å²) >= 11 is 0. The van der Waals surface area contributed by atoms with Gasteiger partial charge in [-0.3, -0.25) is 0 Å². The minimum Gasteiger partial charge on any atom is -0.399 e. The van der Waals surface area contributed by atoms with Crippen molar-refractivity contribution in [1.82, 2.24) is 4.98 Å². The summed E-state index contributed by atoms with van der Waals surface area (Å²) in [7, 11) is -1.05. The lowest BCUT2D eigenvalue weighted by molar-refractivity contribution is 0.00578. The summed E-state index contributed by atoms with van der Waals surface area (Å²) in [5.74, 6) is -1.27. The average molecular weight is 281 g/mol. The zero-order valence-corrected chi connectivity index (χ0v) is 12.2. The van der Waals surface area contributed by atoms with Gasteiger partial charge >= 0.3 is 7.12 Å². The second-order valence-electron chi connectivity index (χ2n) is 6.60. The molecule has 6 heteroatoms. The molecular weight excluding hydrogens is 263 g/mol. The summed E-state index contributed by atoms with van der Waals surface area (Å²) in [5, 5.41) is 0. The molecule has 0 unspecified atom stereocenters. The highest BCUT2D eigenvalue weighted by Crippen LogP contribution is 2.40. The third kappa shape index (κ3) is 2.15. The molecule has 0 amide bonds. The quantitative estimate of drug-likeness (QED) is 0.616. The smallest absolute Gasteiger partial charge is 0.399 e. The van der Waals surface area contributed by atoms with E-state index in [9.17, 15) is 8.78 Å².